The molecule has 2 aromatic carbocycles. The van der Waals surface area contributed by atoms with Crippen LogP contribution >= 0.6 is 11.6 Å². The lowest BCUT2D eigenvalue weighted by Crippen LogP contribution is -2.40. The number of ether oxygens (including phenoxy) is 3. The summed E-state index contributed by atoms with van der Waals surface area (Å²) >= 11 is 6.22. The summed E-state index contributed by atoms with van der Waals surface area (Å²) in [5, 5.41) is 6.81. The summed E-state index contributed by atoms with van der Waals surface area (Å²) in [6.45, 7) is 1.93. The molecule has 4 rings (SSSR count). The maximum atomic E-state index is 13.0. The lowest BCUT2D eigenvalue weighted by molar-refractivity contribution is -0.119. The van der Waals surface area contributed by atoms with Gasteiger partial charge in [-0.15, -0.1) is 0 Å². The van der Waals surface area contributed by atoms with Crippen LogP contribution < -0.4 is 10.1 Å². The fourth-order valence-corrected chi connectivity index (χ4v) is 5.38. The number of benzene rings is 2. The van der Waals surface area contributed by atoms with Gasteiger partial charge in [-0.25, -0.2) is 13.2 Å². The fourth-order valence-electron chi connectivity index (χ4n) is 3.72. The second kappa shape index (κ2) is 11.3. The molecule has 13 heteroatoms. The Morgan fingerprint density at radius 2 is 1.89 bits per heavy atom. The fraction of sp³-hybridized carbons (Fsp3) is 0.292. The van der Waals surface area contributed by atoms with Gasteiger partial charge in [-0.3, -0.25) is 4.79 Å². The Hall–Kier alpha value is -3.45. The van der Waals surface area contributed by atoms with Crippen LogP contribution in [-0.4, -0.2) is 69.8 Å². The number of carbonyl (C=O) groups excluding carboxylic acids is 2. The Morgan fingerprint density at radius 1 is 1.16 bits per heavy atom. The Bertz CT molecular complexity index is 1420. The topological polar surface area (TPSA) is 137 Å². The second-order valence-corrected chi connectivity index (χ2v) is 10.3. The summed E-state index contributed by atoms with van der Waals surface area (Å²) < 4.78 is 48.1. The van der Waals surface area contributed by atoms with Crippen LogP contribution in [-0.2, 0) is 24.3 Å². The highest BCUT2D eigenvalue weighted by atomic mass is 35.5. The number of anilines is 1. The molecule has 1 saturated heterocycles. The van der Waals surface area contributed by atoms with Crippen molar-refractivity contribution in [2.75, 3.05) is 45.3 Å². The third kappa shape index (κ3) is 5.77. The van der Waals surface area contributed by atoms with Gasteiger partial charge in [0.1, 0.15) is 22.8 Å². The number of nitrogens with zero attached hydrogens (tertiary/aromatic N) is 2. The Morgan fingerprint density at radius 3 is 2.59 bits per heavy atom. The van der Waals surface area contributed by atoms with Gasteiger partial charge in [0, 0.05) is 18.7 Å². The predicted molar refractivity (Wildman–Crippen MR) is 133 cm³/mol. The molecule has 1 aliphatic heterocycles. The minimum absolute atomic E-state index is 0.0213. The number of aryl methyl sites for hydroxylation is 1. The quantitative estimate of drug-likeness (QED) is 0.420. The van der Waals surface area contributed by atoms with E-state index in [2.05, 4.69) is 10.5 Å². The zero-order valence-electron chi connectivity index (χ0n) is 20.0. The van der Waals surface area contributed by atoms with E-state index in [0.29, 0.717) is 23.8 Å². The molecule has 0 unspecified atom stereocenters. The number of hydrogen-bond acceptors (Lipinski definition) is 9. The van der Waals surface area contributed by atoms with Gasteiger partial charge < -0.3 is 24.1 Å². The molecule has 11 nitrogen and oxygen atoms in total. The SMILES string of the molecule is COc1ccc(S(=O)(=O)N2CCOCC2)cc1NC(=O)COC(=O)c1c(-c2ccccc2Cl)noc1C. The summed E-state index contributed by atoms with van der Waals surface area (Å²) in [7, 11) is -2.43. The van der Waals surface area contributed by atoms with Crippen molar-refractivity contribution >= 4 is 39.2 Å². The molecule has 1 N–H and O–H groups in total. The van der Waals surface area contributed by atoms with E-state index in [4.69, 9.17) is 30.3 Å². The number of nitrogens with one attached hydrogen (secondary N) is 1. The second-order valence-electron chi connectivity index (χ2n) is 7.95. The van der Waals surface area contributed by atoms with Crippen LogP contribution in [0.3, 0.4) is 0 Å². The van der Waals surface area contributed by atoms with Gasteiger partial charge in [0.15, 0.2) is 6.61 Å². The van der Waals surface area contributed by atoms with Gasteiger partial charge >= 0.3 is 5.97 Å². The van der Waals surface area contributed by atoms with E-state index in [1.165, 1.54) is 36.5 Å². The van der Waals surface area contributed by atoms with Crippen LogP contribution in [0.1, 0.15) is 16.1 Å². The average molecular weight is 550 g/mol. The maximum Gasteiger partial charge on any atom is 0.344 e. The largest absolute Gasteiger partial charge is 0.495 e. The summed E-state index contributed by atoms with van der Waals surface area (Å²) in [4.78, 5) is 25.4. The van der Waals surface area contributed by atoms with Crippen molar-refractivity contribution in [3.8, 4) is 17.0 Å². The first-order chi connectivity index (χ1) is 17.7. The van der Waals surface area contributed by atoms with Crippen molar-refractivity contribution in [1.29, 1.82) is 0 Å². The molecule has 3 aromatic rings. The lowest BCUT2D eigenvalue weighted by atomic mass is 10.1. The molecule has 0 atom stereocenters. The first-order valence-electron chi connectivity index (χ1n) is 11.2. The number of methoxy groups -OCH3 is 1. The third-order valence-electron chi connectivity index (χ3n) is 5.58. The number of hydrogen-bond donors (Lipinski definition) is 1. The summed E-state index contributed by atoms with van der Waals surface area (Å²) in [5.74, 6) is -1.11. The van der Waals surface area contributed by atoms with Crippen molar-refractivity contribution in [3.05, 3.63) is 58.8 Å². The first-order valence-corrected chi connectivity index (χ1v) is 13.0. The molecular formula is C24H24ClN3O8S. The number of aromatic nitrogens is 1. The van der Waals surface area contributed by atoms with Crippen LogP contribution in [0.2, 0.25) is 5.02 Å². The molecule has 1 aliphatic rings. The van der Waals surface area contributed by atoms with Crippen molar-refractivity contribution in [1.82, 2.24) is 9.46 Å². The van der Waals surface area contributed by atoms with Gasteiger partial charge in [-0.2, -0.15) is 4.31 Å². The average Bonchev–Trinajstić information content (AvgIpc) is 3.29. The van der Waals surface area contributed by atoms with E-state index < -0.39 is 28.5 Å². The van der Waals surface area contributed by atoms with E-state index in [1.807, 2.05) is 0 Å². The molecule has 37 heavy (non-hydrogen) atoms. The number of amides is 1. The first kappa shape index (κ1) is 26.6. The molecular weight excluding hydrogens is 526 g/mol. The highest BCUT2D eigenvalue weighted by Gasteiger charge is 2.28. The van der Waals surface area contributed by atoms with Gasteiger partial charge in [-0.05, 0) is 31.2 Å². The van der Waals surface area contributed by atoms with E-state index in [-0.39, 0.29) is 46.4 Å². The smallest absolute Gasteiger partial charge is 0.344 e. The van der Waals surface area contributed by atoms with Crippen LogP contribution in [0.15, 0.2) is 51.9 Å². The van der Waals surface area contributed by atoms with Gasteiger partial charge in [0.05, 0.1) is 35.9 Å². The molecule has 0 aliphatic carbocycles. The third-order valence-corrected chi connectivity index (χ3v) is 7.81. The molecule has 1 fully saturated rings. The van der Waals surface area contributed by atoms with Gasteiger partial charge in [0.2, 0.25) is 10.0 Å². The van der Waals surface area contributed by atoms with E-state index in [0.717, 1.165) is 0 Å². The zero-order chi connectivity index (χ0) is 26.6. The molecule has 0 saturated carbocycles. The van der Waals surface area contributed by atoms with E-state index >= 15 is 0 Å². The predicted octanol–water partition coefficient (Wildman–Crippen LogP) is 3.13. The molecule has 196 valence electrons. The Balaban J connectivity index is 1.48. The number of rotatable bonds is 8. The number of carbonyl (C=O) groups is 2. The van der Waals surface area contributed by atoms with Crippen LogP contribution in [0.25, 0.3) is 11.3 Å². The summed E-state index contributed by atoms with van der Waals surface area (Å²) in [5.41, 5.74) is 0.810. The van der Waals surface area contributed by atoms with Crippen molar-refractivity contribution in [3.63, 3.8) is 0 Å². The minimum atomic E-state index is -3.81. The van der Waals surface area contributed by atoms with E-state index in [1.54, 1.807) is 24.3 Å². The molecule has 0 spiro atoms. The van der Waals surface area contributed by atoms with E-state index in [9.17, 15) is 18.0 Å². The zero-order valence-corrected chi connectivity index (χ0v) is 21.6. The van der Waals surface area contributed by atoms with Crippen LogP contribution in [0, 0.1) is 6.92 Å². The highest BCUT2D eigenvalue weighted by Crippen LogP contribution is 2.32. The number of esters is 1. The summed E-state index contributed by atoms with van der Waals surface area (Å²) in [6.07, 6.45) is 0. The van der Waals surface area contributed by atoms with Gasteiger partial charge in [0.25, 0.3) is 5.91 Å². The minimum Gasteiger partial charge on any atom is -0.495 e. The maximum absolute atomic E-state index is 13.0. The Kier molecular flexibility index (Phi) is 8.13. The standard InChI is InChI=1S/C24H24ClN3O8S/c1-15-22(23(27-36-15)17-5-3-4-6-18(17)25)24(30)35-14-21(29)26-19-13-16(7-8-20(19)33-2)37(31,32)28-9-11-34-12-10-28/h3-8,13H,9-12,14H2,1-2H3,(H,26,29). The number of sulfonamides is 1. The number of halogens is 1. The molecule has 1 amide bonds. The van der Waals surface area contributed by atoms with Crippen LogP contribution in [0.5, 0.6) is 5.75 Å². The monoisotopic (exact) mass is 549 g/mol. The molecule has 1 aromatic heterocycles. The highest BCUT2D eigenvalue weighted by molar-refractivity contribution is 7.89. The molecule has 2 heterocycles. The molecule has 0 radical (unpaired) electrons. The van der Waals surface area contributed by atoms with Crippen LogP contribution in [0.4, 0.5) is 5.69 Å². The normalized spacial score (nSPS) is 14.2. The van der Waals surface area contributed by atoms with Crippen molar-refractivity contribution in [2.45, 2.75) is 11.8 Å². The lowest BCUT2D eigenvalue weighted by Gasteiger charge is -2.26. The van der Waals surface area contributed by atoms with Crippen molar-refractivity contribution in [2.24, 2.45) is 0 Å². The van der Waals surface area contributed by atoms with Crippen molar-refractivity contribution < 1.29 is 36.7 Å². The molecule has 0 bridgehead atoms. The Labute approximate surface area is 218 Å². The number of morpholine rings is 1. The summed E-state index contributed by atoms with van der Waals surface area (Å²) in [6, 6.07) is 10.9. The van der Waals surface area contributed by atoms with Gasteiger partial charge in [-0.1, -0.05) is 35.0 Å².